The molecule has 0 saturated carbocycles. The smallest absolute Gasteiger partial charge is 0.337 e. The quantitative estimate of drug-likeness (QED) is 0.806. The first-order valence-electron chi connectivity index (χ1n) is 5.36. The van der Waals surface area contributed by atoms with E-state index in [9.17, 15) is 14.0 Å². The number of aromatic carboxylic acids is 1. The van der Waals surface area contributed by atoms with Crippen molar-refractivity contribution in [2.75, 3.05) is 10.6 Å². The molecule has 1 heterocycles. The van der Waals surface area contributed by atoms with E-state index in [4.69, 9.17) is 5.11 Å². The second-order valence-corrected chi connectivity index (χ2v) is 4.88. The average molecular weight is 296 g/mol. The Morgan fingerprint density at radius 3 is 2.65 bits per heavy atom. The van der Waals surface area contributed by atoms with Crippen LogP contribution in [-0.4, -0.2) is 27.3 Å². The largest absolute Gasteiger partial charge is 0.478 e. The minimum atomic E-state index is -1.27. The zero-order valence-electron chi connectivity index (χ0n) is 10.2. The monoisotopic (exact) mass is 296 g/mol. The Kier molecular flexibility index (Phi) is 3.89. The van der Waals surface area contributed by atoms with Crippen molar-refractivity contribution in [1.82, 2.24) is 10.2 Å². The molecule has 0 unspecified atom stereocenters. The number of carbonyl (C=O) groups is 2. The lowest BCUT2D eigenvalue weighted by Gasteiger charge is -2.08. The molecule has 1 aromatic heterocycles. The van der Waals surface area contributed by atoms with Crippen LogP contribution in [0.1, 0.15) is 15.4 Å². The zero-order valence-corrected chi connectivity index (χ0v) is 11.0. The fourth-order valence-electron chi connectivity index (χ4n) is 1.40. The van der Waals surface area contributed by atoms with Crippen molar-refractivity contribution in [2.45, 2.75) is 6.92 Å². The van der Waals surface area contributed by atoms with Gasteiger partial charge in [-0.05, 0) is 25.1 Å². The third-order valence-corrected chi connectivity index (χ3v) is 2.96. The summed E-state index contributed by atoms with van der Waals surface area (Å²) >= 11 is 1.16. The summed E-state index contributed by atoms with van der Waals surface area (Å²) in [6.07, 6.45) is 0. The molecule has 9 heteroatoms. The molecule has 0 aliphatic carbocycles. The predicted octanol–water partition coefficient (Wildman–Crippen LogP) is 2.33. The maximum absolute atomic E-state index is 13.1. The van der Waals surface area contributed by atoms with Gasteiger partial charge in [0.25, 0.3) is 0 Å². The van der Waals surface area contributed by atoms with Crippen LogP contribution in [0.5, 0.6) is 0 Å². The van der Waals surface area contributed by atoms with E-state index in [0.29, 0.717) is 5.01 Å². The van der Waals surface area contributed by atoms with Gasteiger partial charge in [0, 0.05) is 0 Å². The van der Waals surface area contributed by atoms with Crippen LogP contribution in [0.4, 0.5) is 20.0 Å². The van der Waals surface area contributed by atoms with Gasteiger partial charge < -0.3 is 10.4 Å². The highest BCUT2D eigenvalue weighted by Gasteiger charge is 2.14. The van der Waals surface area contributed by atoms with E-state index in [1.807, 2.05) is 0 Å². The topological polar surface area (TPSA) is 104 Å². The second kappa shape index (κ2) is 5.61. The highest BCUT2D eigenvalue weighted by atomic mass is 32.1. The minimum absolute atomic E-state index is 0.142. The molecule has 1 aromatic carbocycles. The van der Waals surface area contributed by atoms with Crippen LogP contribution >= 0.6 is 11.3 Å². The molecule has 7 nitrogen and oxygen atoms in total. The highest BCUT2D eigenvalue weighted by Crippen LogP contribution is 2.18. The number of amides is 2. The number of carboxylic acid groups (broad SMARTS) is 1. The van der Waals surface area contributed by atoms with Gasteiger partial charge in [0.1, 0.15) is 10.8 Å². The SMILES string of the molecule is Cc1nnc(NC(=O)Nc2cc(F)ccc2C(=O)O)s1. The van der Waals surface area contributed by atoms with E-state index in [1.54, 1.807) is 6.92 Å². The number of nitrogens with one attached hydrogen (secondary N) is 2. The van der Waals surface area contributed by atoms with Gasteiger partial charge in [0.05, 0.1) is 11.3 Å². The second-order valence-electron chi connectivity index (χ2n) is 3.70. The van der Waals surface area contributed by atoms with Gasteiger partial charge in [-0.3, -0.25) is 5.32 Å². The standard InChI is InChI=1S/C11H9FN4O3S/c1-5-15-16-11(20-5)14-10(19)13-8-4-6(12)2-3-7(8)9(17)18/h2-4H,1H3,(H,17,18)(H2,13,14,16,19). The molecule has 0 aliphatic heterocycles. The predicted molar refractivity (Wildman–Crippen MR) is 70.6 cm³/mol. The van der Waals surface area contributed by atoms with Crippen LogP contribution in [0.15, 0.2) is 18.2 Å². The third kappa shape index (κ3) is 3.26. The van der Waals surface area contributed by atoms with Crippen molar-refractivity contribution in [3.63, 3.8) is 0 Å². The van der Waals surface area contributed by atoms with E-state index in [1.165, 1.54) is 0 Å². The first-order valence-corrected chi connectivity index (χ1v) is 6.18. The Labute approximate surface area is 116 Å². The minimum Gasteiger partial charge on any atom is -0.478 e. The van der Waals surface area contributed by atoms with Crippen LogP contribution < -0.4 is 10.6 Å². The Morgan fingerprint density at radius 2 is 2.05 bits per heavy atom. The molecule has 0 saturated heterocycles. The summed E-state index contributed by atoms with van der Waals surface area (Å²) in [6, 6.07) is 2.27. The van der Waals surface area contributed by atoms with Crippen LogP contribution in [0, 0.1) is 12.7 Å². The number of carboxylic acids is 1. The highest BCUT2D eigenvalue weighted by molar-refractivity contribution is 7.15. The van der Waals surface area contributed by atoms with Gasteiger partial charge in [-0.2, -0.15) is 0 Å². The summed E-state index contributed by atoms with van der Waals surface area (Å²) in [6.45, 7) is 1.72. The lowest BCUT2D eigenvalue weighted by Crippen LogP contribution is -2.21. The third-order valence-electron chi connectivity index (χ3n) is 2.21. The molecule has 0 aliphatic rings. The van der Waals surface area contributed by atoms with Crippen molar-refractivity contribution in [3.8, 4) is 0 Å². The molecule has 104 valence electrons. The lowest BCUT2D eigenvalue weighted by molar-refractivity contribution is 0.0698. The summed E-state index contributed by atoms with van der Waals surface area (Å²) in [4.78, 5) is 22.6. The summed E-state index contributed by atoms with van der Waals surface area (Å²) in [5, 5.41) is 21.9. The van der Waals surface area contributed by atoms with Gasteiger partial charge in [-0.1, -0.05) is 11.3 Å². The van der Waals surface area contributed by atoms with Crippen molar-refractivity contribution >= 4 is 34.2 Å². The van der Waals surface area contributed by atoms with E-state index in [2.05, 4.69) is 20.8 Å². The number of rotatable bonds is 3. The molecule has 3 N–H and O–H groups in total. The van der Waals surface area contributed by atoms with E-state index in [-0.39, 0.29) is 16.4 Å². The number of hydrogen-bond acceptors (Lipinski definition) is 5. The fourth-order valence-corrected chi connectivity index (χ4v) is 1.99. The number of aryl methyl sites for hydroxylation is 1. The normalized spacial score (nSPS) is 10.1. The van der Waals surface area contributed by atoms with Gasteiger partial charge >= 0.3 is 12.0 Å². The first-order chi connectivity index (χ1) is 9.45. The van der Waals surface area contributed by atoms with Crippen molar-refractivity contribution < 1.29 is 19.1 Å². The molecule has 2 rings (SSSR count). The number of halogens is 1. The summed E-state index contributed by atoms with van der Waals surface area (Å²) in [7, 11) is 0. The number of nitrogens with zero attached hydrogens (tertiary/aromatic N) is 2. The summed E-state index contributed by atoms with van der Waals surface area (Å²) in [5.41, 5.74) is -0.355. The van der Waals surface area contributed by atoms with Crippen molar-refractivity contribution in [3.05, 3.63) is 34.6 Å². The van der Waals surface area contributed by atoms with Crippen LogP contribution in [-0.2, 0) is 0 Å². The molecule has 0 radical (unpaired) electrons. The number of anilines is 2. The van der Waals surface area contributed by atoms with E-state index in [0.717, 1.165) is 29.5 Å². The molecule has 0 atom stereocenters. The Hall–Kier alpha value is -2.55. The number of benzene rings is 1. The maximum atomic E-state index is 13.1. The number of urea groups is 1. The average Bonchev–Trinajstić information content (AvgIpc) is 2.74. The molecule has 2 aromatic rings. The number of carbonyl (C=O) groups excluding carboxylic acids is 1. The molecular weight excluding hydrogens is 287 g/mol. The summed E-state index contributed by atoms with van der Waals surface area (Å²) < 4.78 is 13.1. The van der Waals surface area contributed by atoms with Gasteiger partial charge in [-0.25, -0.2) is 14.0 Å². The van der Waals surface area contributed by atoms with E-state index < -0.39 is 17.8 Å². The molecule has 0 fully saturated rings. The van der Waals surface area contributed by atoms with Gasteiger partial charge in [0.15, 0.2) is 0 Å². The van der Waals surface area contributed by atoms with Crippen molar-refractivity contribution in [2.24, 2.45) is 0 Å². The van der Waals surface area contributed by atoms with Crippen LogP contribution in [0.3, 0.4) is 0 Å². The molecule has 2 amide bonds. The molecule has 0 bridgehead atoms. The number of hydrogen-bond donors (Lipinski definition) is 3. The molecule has 20 heavy (non-hydrogen) atoms. The van der Waals surface area contributed by atoms with E-state index >= 15 is 0 Å². The molecular formula is C11H9FN4O3S. The van der Waals surface area contributed by atoms with Crippen molar-refractivity contribution in [1.29, 1.82) is 0 Å². The summed E-state index contributed by atoms with van der Waals surface area (Å²) in [5.74, 6) is -1.93. The molecule has 0 spiro atoms. The van der Waals surface area contributed by atoms with Gasteiger partial charge in [0.2, 0.25) is 5.13 Å². The number of aromatic nitrogens is 2. The fraction of sp³-hybridized carbons (Fsp3) is 0.0909. The maximum Gasteiger partial charge on any atom is 0.337 e. The zero-order chi connectivity index (χ0) is 14.7. The van der Waals surface area contributed by atoms with Crippen LogP contribution in [0.2, 0.25) is 0 Å². The van der Waals surface area contributed by atoms with Crippen LogP contribution in [0.25, 0.3) is 0 Å². The Balaban J connectivity index is 2.15. The Bertz CT molecular complexity index is 673. The Morgan fingerprint density at radius 1 is 1.30 bits per heavy atom. The van der Waals surface area contributed by atoms with Gasteiger partial charge in [-0.15, -0.1) is 10.2 Å². The lowest BCUT2D eigenvalue weighted by atomic mass is 10.2. The first kappa shape index (κ1) is 13.9.